The van der Waals surface area contributed by atoms with Gasteiger partial charge in [0.25, 0.3) is 6.43 Å². The maximum absolute atomic E-state index is 13.0. The van der Waals surface area contributed by atoms with E-state index in [4.69, 9.17) is 0 Å². The first-order chi connectivity index (χ1) is 13.8. The average molecular weight is 422 g/mol. The van der Waals surface area contributed by atoms with Crippen LogP contribution in [0.25, 0.3) is 17.0 Å². The Bertz CT molecular complexity index is 1130. The number of anilines is 1. The predicted octanol–water partition coefficient (Wildman–Crippen LogP) is 2.38. The average Bonchev–Trinajstić information content (AvgIpc) is 3.10. The highest BCUT2D eigenvalue weighted by Gasteiger charge is 2.24. The summed E-state index contributed by atoms with van der Waals surface area (Å²) in [5.74, 6) is 0.853. The van der Waals surface area contributed by atoms with Gasteiger partial charge in [-0.05, 0) is 30.9 Å². The molecule has 1 atom stereocenters. The molecule has 0 amide bonds. The molecule has 0 saturated carbocycles. The van der Waals surface area contributed by atoms with Gasteiger partial charge in [0, 0.05) is 25.4 Å². The third-order valence-electron chi connectivity index (χ3n) is 4.90. The van der Waals surface area contributed by atoms with Crippen LogP contribution >= 0.6 is 0 Å². The first kappa shape index (κ1) is 19.6. The highest BCUT2D eigenvalue weighted by atomic mass is 32.2. The Morgan fingerprint density at radius 2 is 2.07 bits per heavy atom. The summed E-state index contributed by atoms with van der Waals surface area (Å²) in [6.45, 7) is 1.35. The fraction of sp³-hybridized carbons (Fsp3) is 0.444. The zero-order chi connectivity index (χ0) is 20.6. The highest BCUT2D eigenvalue weighted by molar-refractivity contribution is 7.90. The summed E-state index contributed by atoms with van der Waals surface area (Å²) in [6.07, 6.45) is 3.23. The molecule has 4 rings (SSSR count). The van der Waals surface area contributed by atoms with Crippen LogP contribution in [-0.2, 0) is 9.84 Å². The number of halogens is 2. The standard InChI is InChI=1S/C18H20F2N6O2S/c1-29(27,28)10-12-3-2-6-25(9-12)17-7-14(22-11-23-17)15-8-21-16-5-4-13(18(19)20)24-26(15)16/h4-5,7-8,11-12,18H,2-3,6,9-10H2,1H3. The van der Waals surface area contributed by atoms with Crippen LogP contribution in [0.15, 0.2) is 30.7 Å². The number of alkyl halides is 2. The van der Waals surface area contributed by atoms with Crippen LogP contribution < -0.4 is 4.90 Å². The van der Waals surface area contributed by atoms with Crippen molar-refractivity contribution in [1.29, 1.82) is 0 Å². The Hall–Kier alpha value is -2.69. The van der Waals surface area contributed by atoms with E-state index in [0.29, 0.717) is 29.4 Å². The molecule has 1 unspecified atom stereocenters. The number of piperidine rings is 1. The van der Waals surface area contributed by atoms with Crippen LogP contribution in [0.3, 0.4) is 0 Å². The maximum Gasteiger partial charge on any atom is 0.282 e. The Balaban J connectivity index is 1.64. The van der Waals surface area contributed by atoms with E-state index < -0.39 is 16.3 Å². The molecule has 1 aliphatic rings. The Labute approximate surface area is 166 Å². The lowest BCUT2D eigenvalue weighted by Gasteiger charge is -2.33. The third kappa shape index (κ3) is 4.34. The first-order valence-corrected chi connectivity index (χ1v) is 11.2. The molecule has 4 heterocycles. The van der Waals surface area contributed by atoms with Gasteiger partial charge in [-0.25, -0.2) is 36.7 Å². The van der Waals surface area contributed by atoms with Crippen molar-refractivity contribution in [3.05, 3.63) is 36.4 Å². The van der Waals surface area contributed by atoms with Crippen molar-refractivity contribution in [2.75, 3.05) is 30.0 Å². The molecule has 8 nitrogen and oxygen atoms in total. The summed E-state index contributed by atoms with van der Waals surface area (Å²) in [7, 11) is -3.05. The second-order valence-corrected chi connectivity index (χ2v) is 9.47. The molecule has 11 heteroatoms. The lowest BCUT2D eigenvalue weighted by atomic mass is 10.00. The minimum Gasteiger partial charge on any atom is -0.356 e. The Morgan fingerprint density at radius 3 is 2.83 bits per heavy atom. The van der Waals surface area contributed by atoms with Gasteiger partial charge >= 0.3 is 0 Å². The van der Waals surface area contributed by atoms with Crippen LogP contribution in [0.4, 0.5) is 14.6 Å². The smallest absolute Gasteiger partial charge is 0.282 e. The zero-order valence-corrected chi connectivity index (χ0v) is 16.6. The molecular weight excluding hydrogens is 402 g/mol. The van der Waals surface area contributed by atoms with Crippen LogP contribution in [0.5, 0.6) is 0 Å². The number of fused-ring (bicyclic) bond motifs is 1. The summed E-state index contributed by atoms with van der Waals surface area (Å²) in [5.41, 5.74) is 1.09. The molecule has 1 saturated heterocycles. The van der Waals surface area contributed by atoms with Gasteiger partial charge in [-0.2, -0.15) is 5.10 Å². The fourth-order valence-corrected chi connectivity index (χ4v) is 4.80. The van der Waals surface area contributed by atoms with Crippen LogP contribution in [0, 0.1) is 5.92 Å². The van der Waals surface area contributed by atoms with Gasteiger partial charge in [-0.15, -0.1) is 0 Å². The van der Waals surface area contributed by atoms with E-state index in [1.165, 1.54) is 35.4 Å². The second-order valence-electron chi connectivity index (χ2n) is 7.28. The summed E-state index contributed by atoms with van der Waals surface area (Å²) in [5, 5.41) is 3.97. The third-order valence-corrected chi connectivity index (χ3v) is 5.98. The van der Waals surface area contributed by atoms with Gasteiger partial charge < -0.3 is 4.90 Å². The number of hydrogen-bond donors (Lipinski definition) is 0. The number of imidazole rings is 1. The van der Waals surface area contributed by atoms with Crippen molar-refractivity contribution < 1.29 is 17.2 Å². The molecule has 3 aromatic heterocycles. The summed E-state index contributed by atoms with van der Waals surface area (Å²) >= 11 is 0. The number of nitrogens with zero attached hydrogens (tertiary/aromatic N) is 6. The molecular formula is C18H20F2N6O2S. The maximum atomic E-state index is 13.0. The minimum absolute atomic E-state index is 0.0447. The number of sulfone groups is 1. The van der Waals surface area contributed by atoms with E-state index in [9.17, 15) is 17.2 Å². The predicted molar refractivity (Wildman–Crippen MR) is 104 cm³/mol. The van der Waals surface area contributed by atoms with Gasteiger partial charge in [0.05, 0.1) is 17.6 Å². The van der Waals surface area contributed by atoms with Crippen LogP contribution in [0.2, 0.25) is 0 Å². The molecule has 1 aliphatic heterocycles. The summed E-state index contributed by atoms with van der Waals surface area (Å²) < 4.78 is 50.7. The molecule has 29 heavy (non-hydrogen) atoms. The molecule has 0 N–H and O–H groups in total. The Morgan fingerprint density at radius 1 is 1.24 bits per heavy atom. The van der Waals surface area contributed by atoms with Gasteiger partial charge in [0.2, 0.25) is 0 Å². The molecule has 0 aromatic carbocycles. The van der Waals surface area contributed by atoms with Crippen molar-refractivity contribution in [3.8, 4) is 11.4 Å². The minimum atomic E-state index is -3.05. The first-order valence-electron chi connectivity index (χ1n) is 9.18. The topological polar surface area (TPSA) is 93.4 Å². The summed E-state index contributed by atoms with van der Waals surface area (Å²) in [6, 6.07) is 4.49. The zero-order valence-electron chi connectivity index (χ0n) is 15.7. The van der Waals surface area contributed by atoms with Gasteiger partial charge in [0.15, 0.2) is 5.65 Å². The molecule has 3 aromatic rings. The van der Waals surface area contributed by atoms with E-state index in [-0.39, 0.29) is 17.4 Å². The molecule has 0 bridgehead atoms. The lowest BCUT2D eigenvalue weighted by Crippen LogP contribution is -2.38. The van der Waals surface area contributed by atoms with Gasteiger partial charge in [-0.3, -0.25) is 0 Å². The number of aromatic nitrogens is 5. The lowest BCUT2D eigenvalue weighted by molar-refractivity contribution is 0.144. The quantitative estimate of drug-likeness (QED) is 0.623. The van der Waals surface area contributed by atoms with E-state index in [2.05, 4.69) is 20.1 Å². The van der Waals surface area contributed by atoms with E-state index in [1.807, 2.05) is 4.90 Å². The van der Waals surface area contributed by atoms with Gasteiger partial charge in [-0.1, -0.05) is 0 Å². The number of hydrogen-bond acceptors (Lipinski definition) is 7. The molecule has 0 radical (unpaired) electrons. The molecule has 0 spiro atoms. The van der Waals surface area contributed by atoms with E-state index in [0.717, 1.165) is 19.4 Å². The number of rotatable bonds is 5. The van der Waals surface area contributed by atoms with Crippen molar-refractivity contribution >= 4 is 21.3 Å². The Kier molecular flexibility index (Phi) is 5.15. The largest absolute Gasteiger partial charge is 0.356 e. The molecule has 154 valence electrons. The fourth-order valence-electron chi connectivity index (χ4n) is 3.68. The monoisotopic (exact) mass is 422 g/mol. The van der Waals surface area contributed by atoms with Crippen molar-refractivity contribution in [1.82, 2.24) is 24.6 Å². The highest BCUT2D eigenvalue weighted by Crippen LogP contribution is 2.26. The van der Waals surface area contributed by atoms with Crippen LogP contribution in [-0.4, -0.2) is 58.1 Å². The molecule has 0 aliphatic carbocycles. The van der Waals surface area contributed by atoms with Crippen LogP contribution in [0.1, 0.15) is 25.0 Å². The molecule has 1 fully saturated rings. The van der Waals surface area contributed by atoms with Crippen molar-refractivity contribution in [2.45, 2.75) is 19.3 Å². The van der Waals surface area contributed by atoms with Crippen molar-refractivity contribution in [2.24, 2.45) is 5.92 Å². The normalized spacial score (nSPS) is 17.9. The summed E-state index contributed by atoms with van der Waals surface area (Å²) in [4.78, 5) is 14.8. The van der Waals surface area contributed by atoms with Gasteiger partial charge in [0.1, 0.15) is 33.4 Å². The van der Waals surface area contributed by atoms with E-state index in [1.54, 1.807) is 6.07 Å². The van der Waals surface area contributed by atoms with E-state index >= 15 is 0 Å². The van der Waals surface area contributed by atoms with Crippen molar-refractivity contribution in [3.63, 3.8) is 0 Å². The SMILES string of the molecule is CS(=O)(=O)CC1CCCN(c2cc(-c3cnc4ccc(C(F)F)nn34)ncn2)C1. The second kappa shape index (κ2) is 7.62.